The van der Waals surface area contributed by atoms with Crippen LogP contribution in [0.5, 0.6) is 0 Å². The third-order valence-corrected chi connectivity index (χ3v) is 5.75. The lowest BCUT2D eigenvalue weighted by Gasteiger charge is -2.14. The summed E-state index contributed by atoms with van der Waals surface area (Å²) >= 11 is 15.5. The van der Waals surface area contributed by atoms with E-state index in [9.17, 15) is 9.59 Å². The monoisotopic (exact) mass is 531 g/mol. The largest absolute Gasteiger partial charge is 0.378 e. The molecule has 0 saturated carbocycles. The highest BCUT2D eigenvalue weighted by Crippen LogP contribution is 2.26. The van der Waals surface area contributed by atoms with E-state index in [-0.39, 0.29) is 10.7 Å². The highest BCUT2D eigenvalue weighted by Gasteiger charge is 2.17. The number of rotatable bonds is 6. The van der Waals surface area contributed by atoms with Gasteiger partial charge in [-0.3, -0.25) is 9.59 Å². The van der Waals surface area contributed by atoms with Crippen LogP contribution in [0.25, 0.3) is 6.08 Å². The van der Waals surface area contributed by atoms with E-state index in [1.54, 1.807) is 42.5 Å². The molecule has 2 amide bonds. The van der Waals surface area contributed by atoms with E-state index < -0.39 is 11.8 Å². The van der Waals surface area contributed by atoms with E-state index in [2.05, 4.69) is 26.6 Å². The Hall–Kier alpha value is -2.80. The maximum atomic E-state index is 13.1. The van der Waals surface area contributed by atoms with E-state index in [1.165, 1.54) is 6.07 Å². The summed E-state index contributed by atoms with van der Waals surface area (Å²) in [6.07, 6.45) is 1.60. The van der Waals surface area contributed by atoms with Crippen molar-refractivity contribution in [3.05, 3.63) is 98.1 Å². The Balaban J connectivity index is 1.93. The molecule has 0 spiro atoms. The first-order valence-electron chi connectivity index (χ1n) is 9.56. The van der Waals surface area contributed by atoms with E-state index in [4.69, 9.17) is 23.2 Å². The zero-order chi connectivity index (χ0) is 23.3. The minimum Gasteiger partial charge on any atom is -0.378 e. The molecule has 0 heterocycles. The molecule has 3 aromatic rings. The third kappa shape index (κ3) is 6.13. The minimum atomic E-state index is -0.522. The highest BCUT2D eigenvalue weighted by molar-refractivity contribution is 9.10. The van der Waals surface area contributed by atoms with Crippen molar-refractivity contribution in [2.75, 3.05) is 24.3 Å². The van der Waals surface area contributed by atoms with Crippen molar-refractivity contribution in [1.29, 1.82) is 0 Å². The molecule has 8 heteroatoms. The summed E-state index contributed by atoms with van der Waals surface area (Å²) in [5.74, 6) is -0.947. The van der Waals surface area contributed by atoms with E-state index in [0.29, 0.717) is 20.7 Å². The molecule has 2 N–H and O–H groups in total. The van der Waals surface area contributed by atoms with Gasteiger partial charge in [0.05, 0.1) is 16.3 Å². The number of amides is 2. The Labute approximate surface area is 205 Å². The molecule has 0 bridgehead atoms. The van der Waals surface area contributed by atoms with Crippen LogP contribution in [0.15, 0.2) is 76.9 Å². The first-order chi connectivity index (χ1) is 15.2. The zero-order valence-corrected chi connectivity index (χ0v) is 20.4. The summed E-state index contributed by atoms with van der Waals surface area (Å²) in [5.41, 5.74) is 2.60. The fraction of sp³-hybridized carbons (Fsp3) is 0.0833. The number of halogens is 3. The first kappa shape index (κ1) is 23.9. The van der Waals surface area contributed by atoms with Gasteiger partial charge in [0, 0.05) is 29.3 Å². The van der Waals surface area contributed by atoms with Crippen LogP contribution < -0.4 is 15.5 Å². The molecular formula is C24H20BrCl2N3O2. The van der Waals surface area contributed by atoms with Crippen molar-refractivity contribution in [1.82, 2.24) is 5.32 Å². The van der Waals surface area contributed by atoms with Crippen LogP contribution >= 0.6 is 39.1 Å². The SMILES string of the molecule is CN(C)c1ccc(C=C(NC(=O)c2ccccc2Br)C(=O)Nc2ccc(Cl)cc2Cl)cc1. The predicted octanol–water partition coefficient (Wildman–Crippen LogP) is 6.23. The molecular weight excluding hydrogens is 513 g/mol. The number of nitrogens with one attached hydrogen (secondary N) is 2. The maximum absolute atomic E-state index is 13.1. The smallest absolute Gasteiger partial charge is 0.272 e. The number of hydrogen-bond donors (Lipinski definition) is 2. The van der Waals surface area contributed by atoms with Gasteiger partial charge >= 0.3 is 0 Å². The molecule has 3 aromatic carbocycles. The molecule has 0 aromatic heterocycles. The Morgan fingerprint density at radius 2 is 1.66 bits per heavy atom. The van der Waals surface area contributed by atoms with Crippen LogP contribution in [0.2, 0.25) is 10.0 Å². The van der Waals surface area contributed by atoms with Crippen LogP contribution in [0.4, 0.5) is 11.4 Å². The van der Waals surface area contributed by atoms with Gasteiger partial charge in [0.2, 0.25) is 0 Å². The standard InChI is InChI=1S/C24H20BrCl2N3O2/c1-30(2)17-10-7-15(8-11-17)13-22(29-23(31)18-5-3-4-6-19(18)25)24(32)28-21-12-9-16(26)14-20(21)27/h3-14H,1-2H3,(H,28,32)(H,29,31). The Morgan fingerprint density at radius 3 is 2.28 bits per heavy atom. The molecule has 0 aliphatic heterocycles. The van der Waals surface area contributed by atoms with Crippen LogP contribution in [-0.4, -0.2) is 25.9 Å². The molecule has 164 valence electrons. The van der Waals surface area contributed by atoms with Crippen molar-refractivity contribution >= 4 is 68.4 Å². The summed E-state index contributed by atoms with van der Waals surface area (Å²) in [4.78, 5) is 27.9. The molecule has 0 aliphatic carbocycles. The third-order valence-electron chi connectivity index (χ3n) is 4.51. The molecule has 0 atom stereocenters. The van der Waals surface area contributed by atoms with E-state index >= 15 is 0 Å². The van der Waals surface area contributed by atoms with Crippen molar-refractivity contribution in [2.45, 2.75) is 0 Å². The normalized spacial score (nSPS) is 11.1. The van der Waals surface area contributed by atoms with Gasteiger partial charge in [0.25, 0.3) is 11.8 Å². The summed E-state index contributed by atoms with van der Waals surface area (Å²) in [5, 5.41) is 6.18. The Bertz CT molecular complexity index is 1180. The molecule has 0 saturated heterocycles. The molecule has 5 nitrogen and oxygen atoms in total. The molecule has 32 heavy (non-hydrogen) atoms. The quantitative estimate of drug-likeness (QED) is 0.370. The summed E-state index contributed by atoms with van der Waals surface area (Å²) in [6.45, 7) is 0. The Kier molecular flexibility index (Phi) is 7.96. The van der Waals surface area contributed by atoms with Crippen LogP contribution in [-0.2, 0) is 4.79 Å². The zero-order valence-electron chi connectivity index (χ0n) is 17.3. The lowest BCUT2D eigenvalue weighted by Crippen LogP contribution is -2.31. The second kappa shape index (κ2) is 10.7. The fourth-order valence-electron chi connectivity index (χ4n) is 2.81. The van der Waals surface area contributed by atoms with E-state index in [1.807, 2.05) is 43.3 Å². The van der Waals surface area contributed by atoms with Gasteiger partial charge in [-0.1, -0.05) is 47.5 Å². The average Bonchev–Trinajstić information content (AvgIpc) is 2.75. The average molecular weight is 533 g/mol. The van der Waals surface area contributed by atoms with Gasteiger partial charge < -0.3 is 15.5 Å². The second-order valence-corrected chi connectivity index (χ2v) is 8.75. The number of nitrogens with zero attached hydrogens (tertiary/aromatic N) is 1. The molecule has 0 radical (unpaired) electrons. The van der Waals surface area contributed by atoms with Crippen molar-refractivity contribution in [3.63, 3.8) is 0 Å². The topological polar surface area (TPSA) is 61.4 Å². The van der Waals surface area contributed by atoms with Gasteiger partial charge in [0.1, 0.15) is 5.70 Å². The summed E-state index contributed by atoms with van der Waals surface area (Å²) < 4.78 is 0.619. The lowest BCUT2D eigenvalue weighted by atomic mass is 10.1. The van der Waals surface area contributed by atoms with Crippen LogP contribution in [0, 0.1) is 0 Å². The predicted molar refractivity (Wildman–Crippen MR) is 135 cm³/mol. The highest BCUT2D eigenvalue weighted by atomic mass is 79.9. The summed E-state index contributed by atoms with van der Waals surface area (Å²) in [7, 11) is 3.88. The number of carbonyl (C=O) groups is 2. The van der Waals surface area contributed by atoms with Gasteiger partial charge in [-0.05, 0) is 70.0 Å². The number of benzene rings is 3. The number of carbonyl (C=O) groups excluding carboxylic acids is 2. The number of hydrogen-bond acceptors (Lipinski definition) is 3. The van der Waals surface area contributed by atoms with Gasteiger partial charge in [-0.25, -0.2) is 0 Å². The fourth-order valence-corrected chi connectivity index (χ4v) is 3.73. The molecule has 0 unspecified atom stereocenters. The van der Waals surface area contributed by atoms with Gasteiger partial charge in [-0.15, -0.1) is 0 Å². The van der Waals surface area contributed by atoms with E-state index in [0.717, 1.165) is 11.3 Å². The molecule has 0 fully saturated rings. The molecule has 0 aliphatic rings. The van der Waals surface area contributed by atoms with Crippen molar-refractivity contribution in [3.8, 4) is 0 Å². The lowest BCUT2D eigenvalue weighted by molar-refractivity contribution is -0.113. The maximum Gasteiger partial charge on any atom is 0.272 e. The molecule has 3 rings (SSSR count). The van der Waals surface area contributed by atoms with Crippen LogP contribution in [0.3, 0.4) is 0 Å². The van der Waals surface area contributed by atoms with Gasteiger partial charge in [-0.2, -0.15) is 0 Å². The van der Waals surface area contributed by atoms with Crippen molar-refractivity contribution < 1.29 is 9.59 Å². The minimum absolute atomic E-state index is 0.0642. The van der Waals surface area contributed by atoms with Crippen molar-refractivity contribution in [2.24, 2.45) is 0 Å². The second-order valence-electron chi connectivity index (χ2n) is 7.06. The first-order valence-corrected chi connectivity index (χ1v) is 11.1. The van der Waals surface area contributed by atoms with Gasteiger partial charge in [0.15, 0.2) is 0 Å². The van der Waals surface area contributed by atoms with Crippen LogP contribution in [0.1, 0.15) is 15.9 Å². The Morgan fingerprint density at radius 1 is 0.969 bits per heavy atom. The summed E-state index contributed by atoms with van der Waals surface area (Å²) in [6, 6.07) is 19.3. The number of anilines is 2.